The van der Waals surface area contributed by atoms with Gasteiger partial charge in [-0.05, 0) is 57.0 Å². The highest BCUT2D eigenvalue weighted by Crippen LogP contribution is 2.23. The lowest BCUT2D eigenvalue weighted by molar-refractivity contribution is 0.0921. The van der Waals surface area contributed by atoms with E-state index in [1.165, 1.54) is 5.56 Å². The molecule has 0 unspecified atom stereocenters. The normalized spacial score (nSPS) is 10.8. The summed E-state index contributed by atoms with van der Waals surface area (Å²) < 4.78 is 7.69. The van der Waals surface area contributed by atoms with Crippen LogP contribution >= 0.6 is 11.3 Å². The van der Waals surface area contributed by atoms with Gasteiger partial charge in [-0.3, -0.25) is 9.36 Å². The highest BCUT2D eigenvalue weighted by molar-refractivity contribution is 7.12. The summed E-state index contributed by atoms with van der Waals surface area (Å²) in [7, 11) is 0. The molecule has 24 heavy (non-hydrogen) atoms. The maximum atomic E-state index is 12.6. The van der Waals surface area contributed by atoms with E-state index in [2.05, 4.69) is 11.9 Å². The molecule has 5 heteroatoms. The average Bonchev–Trinajstić information content (AvgIpc) is 3.16. The number of benzene rings is 1. The number of Topliss-reactive ketones (excluding diaryl/α,β-unsaturated/α-hetero) is 1. The predicted molar refractivity (Wildman–Crippen MR) is 96.7 cm³/mol. The summed E-state index contributed by atoms with van der Waals surface area (Å²) in [5, 5.41) is 2.80. The zero-order chi connectivity index (χ0) is 17.3. The van der Waals surface area contributed by atoms with Crippen LogP contribution in [0, 0.1) is 27.7 Å². The van der Waals surface area contributed by atoms with Crippen molar-refractivity contribution in [2.75, 3.05) is 6.61 Å². The van der Waals surface area contributed by atoms with Gasteiger partial charge in [0.25, 0.3) is 0 Å². The Morgan fingerprint density at radius 3 is 2.62 bits per heavy atom. The summed E-state index contributed by atoms with van der Waals surface area (Å²) >= 11 is 1.55. The van der Waals surface area contributed by atoms with Crippen LogP contribution in [-0.2, 0) is 0 Å². The van der Waals surface area contributed by atoms with Gasteiger partial charge in [-0.15, -0.1) is 11.3 Å². The van der Waals surface area contributed by atoms with Gasteiger partial charge >= 0.3 is 0 Å². The van der Waals surface area contributed by atoms with E-state index in [4.69, 9.17) is 4.74 Å². The molecule has 0 N–H and O–H groups in total. The first-order valence-corrected chi connectivity index (χ1v) is 8.67. The third kappa shape index (κ3) is 3.12. The van der Waals surface area contributed by atoms with E-state index >= 15 is 0 Å². The van der Waals surface area contributed by atoms with Crippen LogP contribution in [0.2, 0.25) is 0 Å². The highest BCUT2D eigenvalue weighted by Gasteiger charge is 2.18. The largest absolute Gasteiger partial charge is 0.485 e. The minimum absolute atomic E-state index is 0.0239. The van der Waals surface area contributed by atoms with Crippen molar-refractivity contribution in [3.8, 4) is 10.9 Å². The van der Waals surface area contributed by atoms with Gasteiger partial charge in [0.15, 0.2) is 11.7 Å². The van der Waals surface area contributed by atoms with Crippen molar-refractivity contribution in [3.05, 3.63) is 63.9 Å². The Bertz CT molecular complexity index is 879. The third-order valence-electron chi connectivity index (χ3n) is 4.19. The van der Waals surface area contributed by atoms with Crippen LogP contribution in [0.4, 0.5) is 0 Å². The summed E-state index contributed by atoms with van der Waals surface area (Å²) in [6.07, 6.45) is 1.77. The van der Waals surface area contributed by atoms with E-state index in [1.807, 2.05) is 55.0 Å². The number of rotatable bonds is 5. The molecular formula is C19H20N2O2S. The number of hydrogen-bond donors (Lipinski definition) is 0. The van der Waals surface area contributed by atoms with Gasteiger partial charge in [0.1, 0.15) is 5.75 Å². The molecule has 1 aromatic carbocycles. The average molecular weight is 340 g/mol. The monoisotopic (exact) mass is 340 g/mol. The number of carbonyl (C=O) groups is 1. The standard InChI is InChI=1S/C19H20N2O2S/c1-12-5-6-16(9-13(12)2)23-11-18(22)17-10-14(3)21(15(17)4)19-20-7-8-24-19/h5-10H,11H2,1-4H3. The zero-order valence-corrected chi connectivity index (χ0v) is 15.1. The first-order chi connectivity index (χ1) is 11.5. The fourth-order valence-electron chi connectivity index (χ4n) is 2.70. The van der Waals surface area contributed by atoms with Crippen molar-refractivity contribution in [1.82, 2.24) is 9.55 Å². The molecule has 3 rings (SSSR count). The Morgan fingerprint density at radius 2 is 1.96 bits per heavy atom. The van der Waals surface area contributed by atoms with Crippen LogP contribution < -0.4 is 4.74 Å². The lowest BCUT2D eigenvalue weighted by Gasteiger charge is -2.08. The number of nitrogens with zero attached hydrogens (tertiary/aromatic N) is 2. The minimum Gasteiger partial charge on any atom is -0.485 e. The van der Waals surface area contributed by atoms with Gasteiger partial charge in [-0.1, -0.05) is 6.07 Å². The van der Waals surface area contributed by atoms with Gasteiger partial charge < -0.3 is 4.74 Å². The fourth-order valence-corrected chi connectivity index (χ4v) is 3.45. The smallest absolute Gasteiger partial charge is 0.202 e. The number of carbonyl (C=O) groups excluding carboxylic acids is 1. The lowest BCUT2D eigenvalue weighted by atomic mass is 10.1. The Labute approximate surface area is 145 Å². The fraction of sp³-hybridized carbons (Fsp3) is 0.263. The molecule has 0 atom stereocenters. The van der Waals surface area contributed by atoms with Gasteiger partial charge in [0.2, 0.25) is 5.78 Å². The maximum Gasteiger partial charge on any atom is 0.202 e. The molecule has 0 saturated carbocycles. The molecule has 2 heterocycles. The van der Waals surface area contributed by atoms with Crippen LogP contribution in [0.25, 0.3) is 5.13 Å². The summed E-state index contributed by atoms with van der Waals surface area (Å²) in [5.74, 6) is 0.698. The second-order valence-electron chi connectivity index (χ2n) is 5.89. The summed E-state index contributed by atoms with van der Waals surface area (Å²) in [6, 6.07) is 7.77. The van der Waals surface area contributed by atoms with E-state index in [0.29, 0.717) is 5.56 Å². The Hall–Kier alpha value is -2.40. The Balaban J connectivity index is 1.78. The SMILES string of the molecule is Cc1ccc(OCC(=O)c2cc(C)n(-c3nccs3)c2C)cc1C. The molecular weight excluding hydrogens is 320 g/mol. The van der Waals surface area contributed by atoms with Gasteiger partial charge in [0, 0.05) is 28.5 Å². The van der Waals surface area contributed by atoms with Crippen LogP contribution in [0.1, 0.15) is 32.9 Å². The number of aryl methyl sites for hydroxylation is 3. The van der Waals surface area contributed by atoms with Crippen LogP contribution in [-0.4, -0.2) is 21.9 Å². The van der Waals surface area contributed by atoms with Crippen molar-refractivity contribution >= 4 is 17.1 Å². The number of thiazole rings is 1. The Morgan fingerprint density at radius 1 is 1.17 bits per heavy atom. The summed E-state index contributed by atoms with van der Waals surface area (Å²) in [4.78, 5) is 16.9. The first kappa shape index (κ1) is 16.5. The number of aromatic nitrogens is 2. The molecule has 0 fully saturated rings. The van der Waals surface area contributed by atoms with Gasteiger partial charge in [-0.25, -0.2) is 4.98 Å². The molecule has 4 nitrogen and oxygen atoms in total. The second kappa shape index (κ2) is 6.61. The molecule has 0 aliphatic rings. The minimum atomic E-state index is -0.0239. The molecule has 0 spiro atoms. The lowest BCUT2D eigenvalue weighted by Crippen LogP contribution is -2.12. The van der Waals surface area contributed by atoms with Crippen LogP contribution in [0.3, 0.4) is 0 Å². The van der Waals surface area contributed by atoms with Crippen LogP contribution in [0.15, 0.2) is 35.8 Å². The number of ketones is 1. The first-order valence-electron chi connectivity index (χ1n) is 7.79. The molecule has 0 radical (unpaired) electrons. The van der Waals surface area contributed by atoms with E-state index in [9.17, 15) is 4.79 Å². The number of ether oxygens (including phenoxy) is 1. The molecule has 3 aromatic rings. The topological polar surface area (TPSA) is 44.1 Å². The van der Waals surface area contributed by atoms with Crippen molar-refractivity contribution in [2.24, 2.45) is 0 Å². The maximum absolute atomic E-state index is 12.6. The highest BCUT2D eigenvalue weighted by atomic mass is 32.1. The van der Waals surface area contributed by atoms with Gasteiger partial charge in [0.05, 0.1) is 0 Å². The molecule has 0 bridgehead atoms. The second-order valence-corrected chi connectivity index (χ2v) is 6.77. The van der Waals surface area contributed by atoms with Crippen molar-refractivity contribution in [1.29, 1.82) is 0 Å². The molecule has 2 aromatic heterocycles. The van der Waals surface area contributed by atoms with E-state index in [1.54, 1.807) is 17.5 Å². The van der Waals surface area contributed by atoms with Crippen molar-refractivity contribution < 1.29 is 9.53 Å². The predicted octanol–water partition coefficient (Wildman–Crippen LogP) is 4.43. The van der Waals surface area contributed by atoms with Crippen molar-refractivity contribution in [2.45, 2.75) is 27.7 Å². The molecule has 0 saturated heterocycles. The van der Waals surface area contributed by atoms with Gasteiger partial charge in [-0.2, -0.15) is 0 Å². The van der Waals surface area contributed by atoms with E-state index < -0.39 is 0 Å². The quantitative estimate of drug-likeness (QED) is 0.645. The number of hydrogen-bond acceptors (Lipinski definition) is 4. The van der Waals surface area contributed by atoms with E-state index in [0.717, 1.165) is 27.8 Å². The molecule has 0 aliphatic heterocycles. The van der Waals surface area contributed by atoms with Crippen LogP contribution in [0.5, 0.6) is 5.75 Å². The molecule has 0 aliphatic carbocycles. The summed E-state index contributed by atoms with van der Waals surface area (Å²) in [6.45, 7) is 8.04. The summed E-state index contributed by atoms with van der Waals surface area (Å²) in [5.41, 5.74) is 4.95. The van der Waals surface area contributed by atoms with Crippen molar-refractivity contribution in [3.63, 3.8) is 0 Å². The Kier molecular flexibility index (Phi) is 4.53. The third-order valence-corrected chi connectivity index (χ3v) is 4.95. The zero-order valence-electron chi connectivity index (χ0n) is 14.3. The van der Waals surface area contributed by atoms with E-state index in [-0.39, 0.29) is 12.4 Å². The molecule has 0 amide bonds. The molecule has 124 valence electrons.